The van der Waals surface area contributed by atoms with Crippen LogP contribution in [0.25, 0.3) is 10.9 Å². The number of rotatable bonds is 2. The van der Waals surface area contributed by atoms with Crippen molar-refractivity contribution in [3.63, 3.8) is 0 Å². The molecule has 32 heavy (non-hydrogen) atoms. The topological polar surface area (TPSA) is 93.5 Å². The van der Waals surface area contributed by atoms with E-state index in [0.717, 1.165) is 17.7 Å². The average Bonchev–Trinajstić information content (AvgIpc) is 2.81. The number of aryl methyl sites for hydroxylation is 1. The molecule has 9 nitrogen and oxygen atoms in total. The van der Waals surface area contributed by atoms with Gasteiger partial charge in [0.15, 0.2) is 0 Å². The average molecular weight is 435 g/mol. The maximum Gasteiger partial charge on any atom is 0.260 e. The predicted molar refractivity (Wildman–Crippen MR) is 120 cm³/mol. The quantitative estimate of drug-likeness (QED) is 0.603. The number of benzene rings is 1. The highest BCUT2D eigenvalue weighted by molar-refractivity contribution is 5.97. The third-order valence-electron chi connectivity index (χ3n) is 6.46. The van der Waals surface area contributed by atoms with E-state index in [1.807, 2.05) is 30.1 Å². The molecule has 0 radical (unpaired) electrons. The number of hydrogen-bond donors (Lipinski definition) is 0. The van der Waals surface area contributed by atoms with E-state index in [-0.39, 0.29) is 11.5 Å². The second-order valence-corrected chi connectivity index (χ2v) is 8.72. The van der Waals surface area contributed by atoms with Gasteiger partial charge in [0.25, 0.3) is 11.5 Å². The molecule has 5 rings (SSSR count). The van der Waals surface area contributed by atoms with Crippen LogP contribution < -0.4 is 10.5 Å². The van der Waals surface area contributed by atoms with Crippen molar-refractivity contribution in [3.05, 3.63) is 57.9 Å². The van der Waals surface area contributed by atoms with Crippen molar-refractivity contribution in [1.82, 2.24) is 24.4 Å². The fraction of sp³-hybridized carbons (Fsp3) is 0.435. The second kappa shape index (κ2) is 7.67. The monoisotopic (exact) mass is 434 g/mol. The van der Waals surface area contributed by atoms with Gasteiger partial charge in [0, 0.05) is 46.0 Å². The van der Waals surface area contributed by atoms with Gasteiger partial charge in [-0.1, -0.05) is 0 Å². The fourth-order valence-corrected chi connectivity index (χ4v) is 4.59. The zero-order chi connectivity index (χ0) is 22.5. The maximum absolute atomic E-state index is 13.2. The van der Waals surface area contributed by atoms with E-state index in [2.05, 4.69) is 9.97 Å². The van der Waals surface area contributed by atoms with Gasteiger partial charge in [-0.15, -0.1) is 0 Å². The van der Waals surface area contributed by atoms with Crippen LogP contribution in [0.4, 0.5) is 5.95 Å². The lowest BCUT2D eigenvalue weighted by Crippen LogP contribution is -2.49. The van der Waals surface area contributed by atoms with Crippen LogP contribution in [0.3, 0.4) is 0 Å². The SMILES string of the molecule is CN(C)c1ncc2c(n1)C1(CCN(C(=O)c3ccc4c(=O)n(C)cnc4c3)CC1)OCC2. The highest BCUT2D eigenvalue weighted by atomic mass is 16.5. The summed E-state index contributed by atoms with van der Waals surface area (Å²) >= 11 is 0. The number of carbonyl (C=O) groups is 1. The minimum absolute atomic E-state index is 0.0584. The molecule has 1 amide bonds. The first-order chi connectivity index (χ1) is 15.4. The molecule has 4 heterocycles. The molecule has 1 saturated heterocycles. The highest BCUT2D eigenvalue weighted by Gasteiger charge is 2.43. The Morgan fingerprint density at radius 1 is 1.19 bits per heavy atom. The summed E-state index contributed by atoms with van der Waals surface area (Å²) in [6.45, 7) is 1.78. The molecule has 2 aliphatic rings. The normalized spacial score (nSPS) is 17.4. The number of likely N-dealkylation sites (tertiary alicyclic amines) is 1. The Hall–Kier alpha value is -3.33. The van der Waals surface area contributed by atoms with Gasteiger partial charge in [0.1, 0.15) is 5.60 Å². The number of fused-ring (bicyclic) bond motifs is 3. The van der Waals surface area contributed by atoms with Crippen molar-refractivity contribution in [3.8, 4) is 0 Å². The smallest absolute Gasteiger partial charge is 0.260 e. The largest absolute Gasteiger partial charge is 0.368 e. The van der Waals surface area contributed by atoms with E-state index in [4.69, 9.17) is 9.72 Å². The van der Waals surface area contributed by atoms with Crippen molar-refractivity contribution in [2.45, 2.75) is 24.9 Å². The predicted octanol–water partition coefficient (Wildman–Crippen LogP) is 1.49. The molecular formula is C23H26N6O3. The minimum Gasteiger partial charge on any atom is -0.368 e. The highest BCUT2D eigenvalue weighted by Crippen LogP contribution is 2.41. The van der Waals surface area contributed by atoms with E-state index in [0.29, 0.717) is 55.0 Å². The van der Waals surface area contributed by atoms with Crippen LogP contribution in [0, 0.1) is 0 Å². The minimum atomic E-state index is -0.477. The van der Waals surface area contributed by atoms with Crippen molar-refractivity contribution in [2.75, 3.05) is 38.7 Å². The van der Waals surface area contributed by atoms with Gasteiger partial charge in [-0.2, -0.15) is 0 Å². The first-order valence-corrected chi connectivity index (χ1v) is 10.8. The Balaban J connectivity index is 1.38. The molecule has 2 aromatic heterocycles. The molecule has 9 heteroatoms. The Morgan fingerprint density at radius 3 is 2.72 bits per heavy atom. The van der Waals surface area contributed by atoms with Crippen LogP contribution in [0.1, 0.15) is 34.5 Å². The van der Waals surface area contributed by atoms with Gasteiger partial charge in [0.05, 0.1) is 29.5 Å². The Kier molecular flexibility index (Phi) is 4.93. The molecule has 0 saturated carbocycles. The van der Waals surface area contributed by atoms with Gasteiger partial charge in [0.2, 0.25) is 5.95 Å². The van der Waals surface area contributed by atoms with E-state index < -0.39 is 5.60 Å². The molecule has 166 valence electrons. The summed E-state index contributed by atoms with van der Waals surface area (Å²) in [5.41, 5.74) is 2.56. The summed E-state index contributed by atoms with van der Waals surface area (Å²) in [7, 11) is 5.51. The number of nitrogens with zero attached hydrogens (tertiary/aromatic N) is 6. The van der Waals surface area contributed by atoms with Crippen LogP contribution in [-0.2, 0) is 23.8 Å². The Bertz CT molecular complexity index is 1260. The van der Waals surface area contributed by atoms with E-state index in [1.54, 1.807) is 25.2 Å². The third-order valence-corrected chi connectivity index (χ3v) is 6.46. The van der Waals surface area contributed by atoms with Gasteiger partial charge >= 0.3 is 0 Å². The van der Waals surface area contributed by atoms with E-state index in [1.165, 1.54) is 10.9 Å². The molecule has 1 aromatic carbocycles. The molecule has 1 spiro atoms. The van der Waals surface area contributed by atoms with Gasteiger partial charge in [-0.3, -0.25) is 9.59 Å². The summed E-state index contributed by atoms with van der Waals surface area (Å²) in [6, 6.07) is 5.09. The van der Waals surface area contributed by atoms with Crippen LogP contribution >= 0.6 is 0 Å². The molecule has 0 aliphatic carbocycles. The number of amides is 1. The Morgan fingerprint density at radius 2 is 1.97 bits per heavy atom. The lowest BCUT2D eigenvalue weighted by atomic mass is 9.83. The van der Waals surface area contributed by atoms with Crippen LogP contribution in [-0.4, -0.2) is 64.1 Å². The maximum atomic E-state index is 13.2. The third kappa shape index (κ3) is 3.33. The molecule has 0 bridgehead atoms. The summed E-state index contributed by atoms with van der Waals surface area (Å²) < 4.78 is 7.72. The number of aromatic nitrogens is 4. The van der Waals surface area contributed by atoms with Crippen LogP contribution in [0.5, 0.6) is 0 Å². The van der Waals surface area contributed by atoms with Crippen LogP contribution in [0.15, 0.2) is 35.5 Å². The van der Waals surface area contributed by atoms with Crippen molar-refractivity contribution in [1.29, 1.82) is 0 Å². The van der Waals surface area contributed by atoms with Gasteiger partial charge in [-0.25, -0.2) is 15.0 Å². The summed E-state index contributed by atoms with van der Waals surface area (Å²) in [6.07, 6.45) is 5.55. The molecule has 0 N–H and O–H groups in total. The van der Waals surface area contributed by atoms with Crippen molar-refractivity contribution in [2.24, 2.45) is 7.05 Å². The number of hydrogen-bond acceptors (Lipinski definition) is 7. The molecule has 0 atom stereocenters. The fourth-order valence-electron chi connectivity index (χ4n) is 4.59. The first kappa shape index (κ1) is 20.6. The molecule has 2 aliphatic heterocycles. The molecule has 3 aromatic rings. The summed E-state index contributed by atoms with van der Waals surface area (Å²) in [4.78, 5) is 42.8. The lowest BCUT2D eigenvalue weighted by Gasteiger charge is -2.44. The summed E-state index contributed by atoms with van der Waals surface area (Å²) in [5.74, 6) is 0.610. The zero-order valence-electron chi connectivity index (χ0n) is 18.5. The second-order valence-electron chi connectivity index (χ2n) is 8.72. The molecule has 0 unspecified atom stereocenters. The molecule has 1 fully saturated rings. The zero-order valence-corrected chi connectivity index (χ0v) is 18.5. The number of ether oxygens (including phenoxy) is 1. The number of piperidine rings is 1. The van der Waals surface area contributed by atoms with Gasteiger partial charge < -0.3 is 19.1 Å². The molecular weight excluding hydrogens is 408 g/mol. The number of anilines is 1. The van der Waals surface area contributed by atoms with Gasteiger partial charge in [-0.05, 0) is 43.0 Å². The standard InChI is InChI=1S/C23H26N6O3/c1-27(2)22-24-13-16-6-11-32-23(19(16)26-22)7-9-29(10-8-23)20(30)15-4-5-17-18(12-15)25-14-28(3)21(17)31/h4-5,12-14H,6-11H2,1-3H3. The number of carbonyl (C=O) groups excluding carboxylic acids is 1. The first-order valence-electron chi connectivity index (χ1n) is 10.8. The van der Waals surface area contributed by atoms with Crippen LogP contribution in [0.2, 0.25) is 0 Å². The van der Waals surface area contributed by atoms with Crippen molar-refractivity contribution >= 4 is 22.8 Å². The van der Waals surface area contributed by atoms with Crippen molar-refractivity contribution < 1.29 is 9.53 Å². The summed E-state index contributed by atoms with van der Waals surface area (Å²) in [5, 5.41) is 0.507. The van der Waals surface area contributed by atoms with E-state index >= 15 is 0 Å². The van der Waals surface area contributed by atoms with E-state index in [9.17, 15) is 9.59 Å². The Labute approximate surface area is 185 Å². The lowest BCUT2D eigenvalue weighted by molar-refractivity contribution is -0.0967.